The Morgan fingerprint density at radius 2 is 1.90 bits per heavy atom. The van der Waals surface area contributed by atoms with Gasteiger partial charge in [0.1, 0.15) is 5.82 Å². The number of aryl methyl sites for hydroxylation is 1. The molecule has 106 valence electrons. The predicted octanol–water partition coefficient (Wildman–Crippen LogP) is 4.19. The molecule has 2 rings (SSSR count). The Bertz CT molecular complexity index is 617. The normalized spacial score (nSPS) is 12.4. The number of hydrogen-bond donors (Lipinski definition) is 2. The highest BCUT2D eigenvalue weighted by atomic mass is 35.5. The van der Waals surface area contributed by atoms with E-state index in [-0.39, 0.29) is 11.9 Å². The smallest absolute Gasteiger partial charge is 0.130 e. The van der Waals surface area contributed by atoms with Gasteiger partial charge in [-0.15, -0.1) is 0 Å². The molecule has 0 saturated carbocycles. The first-order valence-electron chi connectivity index (χ1n) is 6.18. The second-order valence-electron chi connectivity index (χ2n) is 4.61. The molecule has 0 amide bonds. The van der Waals surface area contributed by atoms with Crippen LogP contribution in [0, 0.1) is 12.7 Å². The molecule has 0 fully saturated rings. The molecule has 3 N–H and O–H groups in total. The van der Waals surface area contributed by atoms with Crippen LogP contribution in [0.15, 0.2) is 36.4 Å². The first-order valence-corrected chi connectivity index (χ1v) is 6.94. The van der Waals surface area contributed by atoms with E-state index in [2.05, 4.69) is 5.43 Å². The van der Waals surface area contributed by atoms with Crippen molar-refractivity contribution >= 4 is 23.2 Å². The fourth-order valence-electron chi connectivity index (χ4n) is 2.12. The molecule has 0 aliphatic heterocycles. The minimum atomic E-state index is -0.370. The van der Waals surface area contributed by atoms with Gasteiger partial charge >= 0.3 is 0 Å². The third-order valence-electron chi connectivity index (χ3n) is 3.25. The maximum Gasteiger partial charge on any atom is 0.130 e. The third-order valence-corrected chi connectivity index (χ3v) is 4.11. The van der Waals surface area contributed by atoms with Crippen LogP contribution in [-0.2, 0) is 6.42 Å². The van der Waals surface area contributed by atoms with Crippen LogP contribution < -0.4 is 11.3 Å². The summed E-state index contributed by atoms with van der Waals surface area (Å²) in [6.45, 7) is 1.72. The zero-order valence-corrected chi connectivity index (χ0v) is 12.5. The zero-order valence-electron chi connectivity index (χ0n) is 11.0. The fraction of sp³-hybridized carbons (Fsp3) is 0.200. The van der Waals surface area contributed by atoms with E-state index in [0.29, 0.717) is 27.6 Å². The lowest BCUT2D eigenvalue weighted by molar-refractivity contribution is 0.507. The molecule has 0 radical (unpaired) electrons. The van der Waals surface area contributed by atoms with Crippen LogP contribution in [0.25, 0.3) is 0 Å². The molecule has 2 aromatic carbocycles. The molecule has 0 aromatic heterocycles. The quantitative estimate of drug-likeness (QED) is 0.656. The monoisotopic (exact) mass is 312 g/mol. The summed E-state index contributed by atoms with van der Waals surface area (Å²) in [5.41, 5.74) is 4.56. The van der Waals surface area contributed by atoms with E-state index in [1.54, 1.807) is 31.2 Å². The van der Waals surface area contributed by atoms with E-state index >= 15 is 0 Å². The molecule has 0 heterocycles. The van der Waals surface area contributed by atoms with Gasteiger partial charge in [0.05, 0.1) is 16.1 Å². The lowest BCUT2D eigenvalue weighted by Gasteiger charge is -2.19. The first kappa shape index (κ1) is 15.3. The van der Waals surface area contributed by atoms with Crippen LogP contribution in [0.5, 0.6) is 0 Å². The molecule has 2 aromatic rings. The van der Waals surface area contributed by atoms with Gasteiger partial charge in [0.15, 0.2) is 0 Å². The summed E-state index contributed by atoms with van der Waals surface area (Å²) in [4.78, 5) is 0. The summed E-state index contributed by atoms with van der Waals surface area (Å²) >= 11 is 12.1. The van der Waals surface area contributed by atoms with E-state index in [0.717, 1.165) is 5.56 Å². The lowest BCUT2D eigenvalue weighted by Crippen LogP contribution is -2.30. The Kier molecular flexibility index (Phi) is 5.00. The molecule has 1 atom stereocenters. The van der Waals surface area contributed by atoms with Gasteiger partial charge in [-0.1, -0.05) is 53.5 Å². The third kappa shape index (κ3) is 3.13. The number of nitrogens with two attached hydrogens (primary N) is 1. The minimum Gasteiger partial charge on any atom is -0.271 e. The van der Waals surface area contributed by atoms with Crippen LogP contribution in [-0.4, -0.2) is 0 Å². The number of rotatable bonds is 4. The summed E-state index contributed by atoms with van der Waals surface area (Å²) in [5, 5.41) is 0.951. The van der Waals surface area contributed by atoms with Gasteiger partial charge in [0, 0.05) is 5.56 Å². The van der Waals surface area contributed by atoms with Gasteiger partial charge in [0.25, 0.3) is 0 Å². The first-order chi connectivity index (χ1) is 9.54. The Balaban J connectivity index is 2.34. The minimum absolute atomic E-state index is 0.256. The van der Waals surface area contributed by atoms with E-state index in [1.165, 1.54) is 0 Å². The van der Waals surface area contributed by atoms with E-state index in [4.69, 9.17) is 29.0 Å². The number of benzene rings is 2. The molecule has 5 heteroatoms. The SMILES string of the molecule is Cc1cccc(C(Cc2cccc(Cl)c2Cl)NN)c1F. The average molecular weight is 313 g/mol. The lowest BCUT2D eigenvalue weighted by atomic mass is 9.97. The molecule has 1 unspecified atom stereocenters. The Morgan fingerprint density at radius 1 is 1.20 bits per heavy atom. The van der Waals surface area contributed by atoms with Gasteiger partial charge in [-0.3, -0.25) is 11.3 Å². The molecular weight excluding hydrogens is 298 g/mol. The summed E-state index contributed by atoms with van der Waals surface area (Å²) in [6.07, 6.45) is 0.455. The molecule has 0 saturated heterocycles. The van der Waals surface area contributed by atoms with E-state index in [1.807, 2.05) is 12.1 Å². The Morgan fingerprint density at radius 3 is 2.60 bits per heavy atom. The predicted molar refractivity (Wildman–Crippen MR) is 81.4 cm³/mol. The van der Waals surface area contributed by atoms with Crippen molar-refractivity contribution in [3.8, 4) is 0 Å². The standard InChI is InChI=1S/C15H15Cl2FN2/c1-9-4-2-6-11(15(9)18)13(20-19)8-10-5-3-7-12(16)14(10)17/h2-7,13,20H,8,19H2,1H3. The zero-order chi connectivity index (χ0) is 14.7. The topological polar surface area (TPSA) is 38.0 Å². The van der Waals surface area contributed by atoms with Crippen molar-refractivity contribution in [3.63, 3.8) is 0 Å². The molecule has 0 bridgehead atoms. The second kappa shape index (κ2) is 6.55. The van der Waals surface area contributed by atoms with Crippen molar-refractivity contribution in [3.05, 3.63) is 69.0 Å². The van der Waals surface area contributed by atoms with Crippen molar-refractivity contribution in [1.82, 2.24) is 5.43 Å². The van der Waals surface area contributed by atoms with Gasteiger partial charge in [0.2, 0.25) is 0 Å². The maximum atomic E-state index is 14.2. The number of halogens is 3. The van der Waals surface area contributed by atoms with Gasteiger partial charge in [-0.05, 0) is 30.5 Å². The van der Waals surface area contributed by atoms with Crippen LogP contribution in [0.4, 0.5) is 4.39 Å². The number of hydrogen-bond acceptors (Lipinski definition) is 2. The van der Waals surface area contributed by atoms with Crippen LogP contribution in [0.1, 0.15) is 22.7 Å². The van der Waals surface area contributed by atoms with E-state index in [9.17, 15) is 4.39 Å². The summed E-state index contributed by atoms with van der Waals surface area (Å²) in [5.74, 6) is 5.31. The fourth-order valence-corrected chi connectivity index (χ4v) is 2.52. The van der Waals surface area contributed by atoms with Crippen LogP contribution in [0.2, 0.25) is 10.0 Å². The summed E-state index contributed by atoms with van der Waals surface area (Å²) in [6, 6.07) is 10.2. The Labute approximate surface area is 127 Å². The van der Waals surface area contributed by atoms with Crippen molar-refractivity contribution in [1.29, 1.82) is 0 Å². The molecule has 0 aliphatic rings. The summed E-state index contributed by atoms with van der Waals surface area (Å²) in [7, 11) is 0. The van der Waals surface area contributed by atoms with Crippen molar-refractivity contribution < 1.29 is 4.39 Å². The highest BCUT2D eigenvalue weighted by molar-refractivity contribution is 6.42. The molecule has 20 heavy (non-hydrogen) atoms. The van der Waals surface area contributed by atoms with Crippen LogP contribution in [0.3, 0.4) is 0 Å². The largest absolute Gasteiger partial charge is 0.271 e. The van der Waals surface area contributed by atoms with Crippen molar-refractivity contribution in [2.75, 3.05) is 0 Å². The second-order valence-corrected chi connectivity index (χ2v) is 5.40. The molecular formula is C15H15Cl2FN2. The highest BCUT2D eigenvalue weighted by Gasteiger charge is 2.18. The van der Waals surface area contributed by atoms with Gasteiger partial charge in [-0.2, -0.15) is 0 Å². The van der Waals surface area contributed by atoms with Gasteiger partial charge in [-0.25, -0.2) is 4.39 Å². The summed E-state index contributed by atoms with van der Waals surface area (Å²) < 4.78 is 14.2. The van der Waals surface area contributed by atoms with Crippen molar-refractivity contribution in [2.45, 2.75) is 19.4 Å². The molecule has 0 aliphatic carbocycles. The van der Waals surface area contributed by atoms with Gasteiger partial charge < -0.3 is 0 Å². The Hall–Kier alpha value is -1.13. The van der Waals surface area contributed by atoms with Crippen LogP contribution >= 0.6 is 23.2 Å². The van der Waals surface area contributed by atoms with E-state index < -0.39 is 0 Å². The molecule has 2 nitrogen and oxygen atoms in total. The highest BCUT2D eigenvalue weighted by Crippen LogP contribution is 2.30. The molecule has 0 spiro atoms. The maximum absolute atomic E-state index is 14.2. The average Bonchev–Trinajstić information content (AvgIpc) is 2.44. The van der Waals surface area contributed by atoms with Crippen molar-refractivity contribution in [2.24, 2.45) is 5.84 Å². The number of nitrogens with one attached hydrogen (secondary N) is 1. The number of hydrazine groups is 1.